The van der Waals surface area contributed by atoms with Crippen LogP contribution in [0.2, 0.25) is 0 Å². The van der Waals surface area contributed by atoms with Gasteiger partial charge < -0.3 is 18.9 Å². The SMILES string of the molecule is COC1=N[C@H](C(C)C)C(OC)=N[C@H]1C/C=C/C[C@@H]1N=C(OC)[C@@H](C(C)C)N=C1OC. The number of aliphatic imine (C=N–C) groups is 4. The molecule has 0 N–H and O–H groups in total. The van der Waals surface area contributed by atoms with Crippen LogP contribution in [0.25, 0.3) is 0 Å². The van der Waals surface area contributed by atoms with Gasteiger partial charge in [-0.2, -0.15) is 0 Å². The summed E-state index contributed by atoms with van der Waals surface area (Å²) in [5, 5.41) is 0. The van der Waals surface area contributed by atoms with Gasteiger partial charge in [-0.05, 0) is 24.7 Å². The summed E-state index contributed by atoms with van der Waals surface area (Å²) >= 11 is 0. The summed E-state index contributed by atoms with van der Waals surface area (Å²) in [6.07, 6.45) is 5.45. The van der Waals surface area contributed by atoms with Crippen molar-refractivity contribution in [2.24, 2.45) is 31.8 Å². The van der Waals surface area contributed by atoms with E-state index in [4.69, 9.17) is 38.9 Å². The zero-order valence-corrected chi connectivity index (χ0v) is 19.5. The van der Waals surface area contributed by atoms with Crippen molar-refractivity contribution in [3.8, 4) is 0 Å². The fourth-order valence-electron chi connectivity index (χ4n) is 3.48. The van der Waals surface area contributed by atoms with Crippen LogP contribution in [0, 0.1) is 11.8 Å². The van der Waals surface area contributed by atoms with E-state index in [2.05, 4.69) is 39.8 Å². The molecule has 0 aliphatic carbocycles. The maximum absolute atomic E-state index is 5.50. The van der Waals surface area contributed by atoms with Crippen LogP contribution in [0.4, 0.5) is 0 Å². The molecule has 0 amide bonds. The molecule has 0 aromatic rings. The van der Waals surface area contributed by atoms with E-state index in [9.17, 15) is 0 Å². The van der Waals surface area contributed by atoms with Crippen molar-refractivity contribution >= 4 is 23.6 Å². The van der Waals surface area contributed by atoms with E-state index in [-0.39, 0.29) is 36.0 Å². The predicted octanol–water partition coefficient (Wildman–Crippen LogP) is 3.32. The lowest BCUT2D eigenvalue weighted by atomic mass is 10.0. The smallest absolute Gasteiger partial charge is 0.209 e. The highest BCUT2D eigenvalue weighted by Crippen LogP contribution is 2.21. The second kappa shape index (κ2) is 11.1. The van der Waals surface area contributed by atoms with Gasteiger partial charge in [0, 0.05) is 0 Å². The lowest BCUT2D eigenvalue weighted by Crippen LogP contribution is -2.37. The Balaban J connectivity index is 2.06. The molecule has 2 rings (SSSR count). The van der Waals surface area contributed by atoms with Crippen molar-refractivity contribution in [1.82, 2.24) is 0 Å². The molecule has 0 spiro atoms. The van der Waals surface area contributed by atoms with Crippen LogP contribution in [-0.4, -0.2) is 76.2 Å². The first kappa shape index (κ1) is 23.9. The molecular weight excluding hydrogens is 384 g/mol. The third kappa shape index (κ3) is 5.61. The summed E-state index contributed by atoms with van der Waals surface area (Å²) in [4.78, 5) is 18.8. The zero-order chi connectivity index (χ0) is 22.3. The van der Waals surface area contributed by atoms with E-state index in [1.807, 2.05) is 0 Å². The van der Waals surface area contributed by atoms with Crippen LogP contribution in [-0.2, 0) is 18.9 Å². The van der Waals surface area contributed by atoms with Gasteiger partial charge in [0.2, 0.25) is 23.6 Å². The van der Waals surface area contributed by atoms with Crippen molar-refractivity contribution in [2.75, 3.05) is 28.4 Å². The van der Waals surface area contributed by atoms with Crippen LogP contribution in [0.5, 0.6) is 0 Å². The van der Waals surface area contributed by atoms with Gasteiger partial charge in [0.15, 0.2) is 0 Å². The highest BCUT2D eigenvalue weighted by molar-refractivity contribution is 5.95. The molecule has 2 aliphatic rings. The second-order valence-electron chi connectivity index (χ2n) is 8.04. The fourth-order valence-corrected chi connectivity index (χ4v) is 3.48. The second-order valence-corrected chi connectivity index (χ2v) is 8.04. The largest absolute Gasteiger partial charge is 0.483 e. The summed E-state index contributed by atoms with van der Waals surface area (Å²) < 4.78 is 21.9. The van der Waals surface area contributed by atoms with Crippen LogP contribution < -0.4 is 0 Å². The maximum Gasteiger partial charge on any atom is 0.209 e. The number of methoxy groups -OCH3 is 4. The van der Waals surface area contributed by atoms with Crippen molar-refractivity contribution in [2.45, 2.75) is 64.7 Å². The monoisotopic (exact) mass is 420 g/mol. The topological polar surface area (TPSA) is 86.4 Å². The van der Waals surface area contributed by atoms with Gasteiger partial charge in [0.1, 0.15) is 24.2 Å². The van der Waals surface area contributed by atoms with Gasteiger partial charge in [-0.25, -0.2) is 20.0 Å². The predicted molar refractivity (Wildman–Crippen MR) is 121 cm³/mol. The fraction of sp³-hybridized carbons (Fsp3) is 0.727. The Bertz CT molecular complexity index is 665. The van der Waals surface area contributed by atoms with Crippen LogP contribution >= 0.6 is 0 Å². The molecule has 0 aromatic carbocycles. The molecule has 0 saturated carbocycles. The molecule has 2 aliphatic heterocycles. The van der Waals surface area contributed by atoms with Gasteiger partial charge in [0.25, 0.3) is 0 Å². The minimum atomic E-state index is -0.193. The lowest BCUT2D eigenvalue weighted by Gasteiger charge is -2.27. The summed E-state index contributed by atoms with van der Waals surface area (Å²) in [5.74, 6) is 3.14. The van der Waals surface area contributed by atoms with E-state index in [0.29, 0.717) is 36.4 Å². The summed E-state index contributed by atoms with van der Waals surface area (Å²) in [5.41, 5.74) is 0. The van der Waals surface area contributed by atoms with E-state index < -0.39 is 0 Å². The molecule has 8 nitrogen and oxygen atoms in total. The van der Waals surface area contributed by atoms with Gasteiger partial charge in [-0.1, -0.05) is 39.8 Å². The highest BCUT2D eigenvalue weighted by Gasteiger charge is 2.31. The third-order valence-electron chi connectivity index (χ3n) is 5.16. The average molecular weight is 421 g/mol. The van der Waals surface area contributed by atoms with Gasteiger partial charge in [-0.3, -0.25) is 0 Å². The van der Waals surface area contributed by atoms with E-state index in [1.165, 1.54) is 0 Å². The Morgan fingerprint density at radius 1 is 0.600 bits per heavy atom. The van der Waals surface area contributed by atoms with Gasteiger partial charge in [-0.15, -0.1) is 0 Å². The standard InChI is InChI=1S/C22H36N4O4/c1-13(2)17-21(29-7)23-15(19(25-17)27-5)11-9-10-12-16-20(28-6)26-18(14(3)4)22(24-16)30-8/h9-10,13-18H,11-12H2,1-8H3/b10-9+/t15-,16-,17+,18+/m0/s1. The molecule has 30 heavy (non-hydrogen) atoms. The normalized spacial score (nSPS) is 26.9. The van der Waals surface area contributed by atoms with Gasteiger partial charge in [0.05, 0.1) is 28.4 Å². The van der Waals surface area contributed by atoms with Crippen LogP contribution in [0.15, 0.2) is 32.1 Å². The third-order valence-corrected chi connectivity index (χ3v) is 5.16. The molecule has 2 heterocycles. The molecule has 0 unspecified atom stereocenters. The molecule has 4 atom stereocenters. The number of rotatable bonds is 6. The first-order valence-corrected chi connectivity index (χ1v) is 10.5. The number of hydrogen-bond acceptors (Lipinski definition) is 8. The highest BCUT2D eigenvalue weighted by atomic mass is 16.5. The van der Waals surface area contributed by atoms with Crippen molar-refractivity contribution < 1.29 is 18.9 Å². The molecule has 0 bridgehead atoms. The summed E-state index contributed by atoms with van der Waals surface area (Å²) in [7, 11) is 6.54. The Labute approximate surface area is 180 Å². The average Bonchev–Trinajstić information content (AvgIpc) is 2.75. The van der Waals surface area contributed by atoms with Gasteiger partial charge >= 0.3 is 0 Å². The quantitative estimate of drug-likeness (QED) is 0.617. The van der Waals surface area contributed by atoms with E-state index in [0.717, 1.165) is 0 Å². The molecular formula is C22H36N4O4. The van der Waals surface area contributed by atoms with Crippen LogP contribution in [0.1, 0.15) is 40.5 Å². The van der Waals surface area contributed by atoms with Crippen LogP contribution in [0.3, 0.4) is 0 Å². The minimum absolute atomic E-state index is 0.108. The Hall–Kier alpha value is -2.38. The first-order valence-electron chi connectivity index (χ1n) is 10.5. The molecule has 0 radical (unpaired) electrons. The Morgan fingerprint density at radius 3 is 1.20 bits per heavy atom. The molecule has 0 saturated heterocycles. The van der Waals surface area contributed by atoms with Crippen molar-refractivity contribution in [1.29, 1.82) is 0 Å². The van der Waals surface area contributed by atoms with Crippen molar-refractivity contribution in [3.05, 3.63) is 12.2 Å². The number of ether oxygens (including phenoxy) is 4. The summed E-state index contributed by atoms with van der Waals surface area (Å²) in [6.45, 7) is 8.36. The maximum atomic E-state index is 5.50. The number of nitrogens with zero attached hydrogens (tertiary/aromatic N) is 4. The Kier molecular flexibility index (Phi) is 8.87. The lowest BCUT2D eigenvalue weighted by molar-refractivity contribution is 0.332. The zero-order valence-electron chi connectivity index (χ0n) is 19.5. The molecule has 168 valence electrons. The van der Waals surface area contributed by atoms with E-state index >= 15 is 0 Å². The van der Waals surface area contributed by atoms with E-state index in [1.54, 1.807) is 28.4 Å². The molecule has 0 aromatic heterocycles. The minimum Gasteiger partial charge on any atom is -0.483 e. The Morgan fingerprint density at radius 2 is 0.933 bits per heavy atom. The first-order chi connectivity index (χ1) is 14.4. The summed E-state index contributed by atoms with van der Waals surface area (Å²) in [6, 6.07) is -0.602. The molecule has 0 fully saturated rings. The number of hydrogen-bond donors (Lipinski definition) is 0. The molecule has 8 heteroatoms. The van der Waals surface area contributed by atoms with Crippen molar-refractivity contribution in [3.63, 3.8) is 0 Å².